The van der Waals surface area contributed by atoms with Crippen LogP contribution in [-0.4, -0.2) is 59.5 Å². The number of ketones is 1. The molecule has 0 N–H and O–H groups in total. The Morgan fingerprint density at radius 3 is 2.50 bits per heavy atom. The number of pyridine rings is 1. The van der Waals surface area contributed by atoms with Crippen molar-refractivity contribution >= 4 is 21.7 Å². The van der Waals surface area contributed by atoms with Crippen LogP contribution in [0.25, 0.3) is 11.1 Å². The number of carbonyl (C=O) groups excluding carboxylic acids is 2. The number of benzene rings is 2. The predicted molar refractivity (Wildman–Crippen MR) is 147 cm³/mol. The standard InChI is InChI=1S/C30H33N3O4S/c1-21(2)16-26(25-12-6-11-24(17-25)23-9-4-3-5-10-23)30(35)32-15-13-27-29(32)28(34)19-33(27)38(36,37)20-22-8-7-14-31-18-22/h3-12,14,17-18,21,26-27,29H,13,15-16,19-20H2,1-2H3. The van der Waals surface area contributed by atoms with Crippen LogP contribution in [0.15, 0.2) is 79.1 Å². The smallest absolute Gasteiger partial charge is 0.230 e. The van der Waals surface area contributed by atoms with Crippen LogP contribution in [0.2, 0.25) is 0 Å². The normalized spacial score (nSPS) is 20.6. The maximum atomic E-state index is 14.1. The molecule has 2 aliphatic rings. The molecule has 3 aromatic rings. The van der Waals surface area contributed by atoms with Crippen molar-refractivity contribution in [2.45, 2.75) is 50.4 Å². The first-order chi connectivity index (χ1) is 18.2. The second kappa shape index (κ2) is 10.8. The summed E-state index contributed by atoms with van der Waals surface area (Å²) >= 11 is 0. The Morgan fingerprint density at radius 1 is 1.03 bits per heavy atom. The minimum Gasteiger partial charge on any atom is -0.330 e. The van der Waals surface area contributed by atoms with Crippen LogP contribution in [-0.2, 0) is 25.4 Å². The van der Waals surface area contributed by atoms with Crippen LogP contribution in [0.3, 0.4) is 0 Å². The third-order valence-corrected chi connectivity index (χ3v) is 9.30. The highest BCUT2D eigenvalue weighted by molar-refractivity contribution is 7.88. The highest BCUT2D eigenvalue weighted by Gasteiger charge is 2.54. The van der Waals surface area contributed by atoms with E-state index in [-0.39, 0.29) is 29.9 Å². The van der Waals surface area contributed by atoms with Crippen molar-refractivity contribution in [3.8, 4) is 11.1 Å². The van der Waals surface area contributed by atoms with Gasteiger partial charge in [-0.15, -0.1) is 0 Å². The molecule has 3 atom stereocenters. The van der Waals surface area contributed by atoms with Crippen molar-refractivity contribution in [3.63, 3.8) is 0 Å². The number of sulfonamides is 1. The zero-order valence-electron chi connectivity index (χ0n) is 21.7. The summed E-state index contributed by atoms with van der Waals surface area (Å²) in [6.07, 6.45) is 4.21. The van der Waals surface area contributed by atoms with Crippen molar-refractivity contribution in [2.75, 3.05) is 13.1 Å². The van der Waals surface area contributed by atoms with E-state index in [1.807, 2.05) is 48.5 Å². The van der Waals surface area contributed by atoms with Crippen molar-refractivity contribution in [2.24, 2.45) is 5.92 Å². The zero-order valence-corrected chi connectivity index (χ0v) is 22.5. The molecule has 0 aliphatic carbocycles. The highest BCUT2D eigenvalue weighted by atomic mass is 32.2. The van der Waals surface area contributed by atoms with E-state index in [1.54, 1.807) is 23.2 Å². The van der Waals surface area contributed by atoms with E-state index in [2.05, 4.69) is 24.9 Å². The second-order valence-electron chi connectivity index (χ2n) is 10.6. The average molecular weight is 532 g/mol. The summed E-state index contributed by atoms with van der Waals surface area (Å²) in [6.45, 7) is 4.34. The van der Waals surface area contributed by atoms with Gasteiger partial charge in [-0.25, -0.2) is 8.42 Å². The maximum Gasteiger partial charge on any atom is 0.230 e. The Hall–Kier alpha value is -3.36. The lowest BCUT2D eigenvalue weighted by Gasteiger charge is -2.29. The van der Waals surface area contributed by atoms with E-state index < -0.39 is 28.0 Å². The van der Waals surface area contributed by atoms with Crippen LogP contribution < -0.4 is 0 Å². The number of rotatable bonds is 8. The number of hydrogen-bond donors (Lipinski definition) is 0. The third kappa shape index (κ3) is 5.28. The fourth-order valence-corrected chi connectivity index (χ4v) is 7.49. The summed E-state index contributed by atoms with van der Waals surface area (Å²) < 4.78 is 27.9. The van der Waals surface area contributed by atoms with Crippen LogP contribution >= 0.6 is 0 Å². The number of likely N-dealkylation sites (tertiary alicyclic amines) is 1. The summed E-state index contributed by atoms with van der Waals surface area (Å²) in [7, 11) is -3.74. The topological polar surface area (TPSA) is 87.7 Å². The minimum absolute atomic E-state index is 0.101. The SMILES string of the molecule is CC(C)CC(C(=O)N1CCC2C1C(=O)CN2S(=O)(=O)Cc1cccnc1)c1cccc(-c2ccccc2)c1. The first kappa shape index (κ1) is 26.3. The molecule has 7 nitrogen and oxygen atoms in total. The van der Waals surface area contributed by atoms with Gasteiger partial charge in [-0.2, -0.15) is 4.31 Å². The second-order valence-corrected chi connectivity index (χ2v) is 12.6. The molecule has 0 bridgehead atoms. The van der Waals surface area contributed by atoms with Crippen molar-refractivity contribution in [1.29, 1.82) is 0 Å². The van der Waals surface area contributed by atoms with Gasteiger partial charge in [0, 0.05) is 18.9 Å². The molecule has 0 saturated carbocycles. The van der Waals surface area contributed by atoms with Crippen molar-refractivity contribution < 1.29 is 18.0 Å². The number of fused-ring (bicyclic) bond motifs is 1. The number of nitrogens with zero attached hydrogens (tertiary/aromatic N) is 3. The van der Waals surface area contributed by atoms with E-state index in [4.69, 9.17) is 0 Å². The lowest BCUT2D eigenvalue weighted by molar-refractivity contribution is -0.138. The Kier molecular flexibility index (Phi) is 7.45. The average Bonchev–Trinajstić information content (AvgIpc) is 3.49. The van der Waals surface area contributed by atoms with E-state index in [0.717, 1.165) is 16.7 Å². The van der Waals surface area contributed by atoms with Crippen LogP contribution in [0.5, 0.6) is 0 Å². The fraction of sp³-hybridized carbons (Fsp3) is 0.367. The number of amides is 1. The van der Waals surface area contributed by atoms with E-state index in [9.17, 15) is 18.0 Å². The summed E-state index contributed by atoms with van der Waals surface area (Å²) in [5.74, 6) is -0.675. The molecule has 8 heteroatoms. The molecule has 2 fully saturated rings. The molecule has 1 amide bonds. The van der Waals surface area contributed by atoms with Gasteiger partial charge in [0.2, 0.25) is 15.9 Å². The van der Waals surface area contributed by atoms with Gasteiger partial charge in [0.05, 0.1) is 24.3 Å². The molecule has 3 unspecified atom stereocenters. The van der Waals surface area contributed by atoms with Gasteiger partial charge in [0.15, 0.2) is 5.78 Å². The Labute approximate surface area is 224 Å². The van der Waals surface area contributed by atoms with Crippen LogP contribution in [0.1, 0.15) is 43.7 Å². The molecule has 1 aromatic heterocycles. The summed E-state index contributed by atoms with van der Waals surface area (Å²) in [4.78, 5) is 32.9. The van der Waals surface area contributed by atoms with Gasteiger partial charge >= 0.3 is 0 Å². The first-order valence-corrected chi connectivity index (χ1v) is 14.7. The van der Waals surface area contributed by atoms with Crippen molar-refractivity contribution in [1.82, 2.24) is 14.2 Å². The van der Waals surface area contributed by atoms with E-state index in [1.165, 1.54) is 10.5 Å². The molecule has 2 aromatic carbocycles. The predicted octanol–water partition coefficient (Wildman–Crippen LogP) is 4.26. The Morgan fingerprint density at radius 2 is 1.79 bits per heavy atom. The number of carbonyl (C=O) groups is 2. The zero-order chi connectivity index (χ0) is 26.9. The lowest BCUT2D eigenvalue weighted by Crippen LogP contribution is -2.45. The molecule has 38 heavy (non-hydrogen) atoms. The number of aromatic nitrogens is 1. The van der Waals surface area contributed by atoms with Gasteiger partial charge in [0.1, 0.15) is 6.04 Å². The molecule has 198 valence electrons. The largest absolute Gasteiger partial charge is 0.330 e. The summed E-state index contributed by atoms with van der Waals surface area (Å²) in [6, 6.07) is 20.2. The van der Waals surface area contributed by atoms with Crippen LogP contribution in [0.4, 0.5) is 0 Å². The van der Waals surface area contributed by atoms with Gasteiger partial charge in [-0.05, 0) is 47.1 Å². The summed E-state index contributed by atoms with van der Waals surface area (Å²) in [5, 5.41) is 0. The molecule has 0 spiro atoms. The number of hydrogen-bond acceptors (Lipinski definition) is 5. The molecular formula is C30H33N3O4S. The minimum atomic E-state index is -3.74. The molecule has 2 aliphatic heterocycles. The molecule has 3 heterocycles. The Bertz CT molecular complexity index is 1410. The van der Waals surface area contributed by atoms with Gasteiger partial charge in [-0.1, -0.05) is 74.5 Å². The van der Waals surface area contributed by atoms with E-state index in [0.29, 0.717) is 24.9 Å². The fourth-order valence-electron chi connectivity index (χ4n) is 5.78. The molecule has 2 saturated heterocycles. The maximum absolute atomic E-state index is 14.1. The van der Waals surface area contributed by atoms with E-state index >= 15 is 0 Å². The quantitative estimate of drug-likeness (QED) is 0.433. The third-order valence-electron chi connectivity index (χ3n) is 7.49. The first-order valence-electron chi connectivity index (χ1n) is 13.1. The highest BCUT2D eigenvalue weighted by Crippen LogP contribution is 2.37. The lowest BCUT2D eigenvalue weighted by atomic mass is 9.87. The monoisotopic (exact) mass is 531 g/mol. The van der Waals surface area contributed by atoms with Crippen molar-refractivity contribution in [3.05, 3.63) is 90.3 Å². The summed E-state index contributed by atoms with van der Waals surface area (Å²) in [5.41, 5.74) is 3.60. The van der Waals surface area contributed by atoms with Gasteiger partial charge < -0.3 is 4.90 Å². The number of Topliss-reactive ketones (excluding diaryl/α,β-unsaturated/α-hetero) is 1. The molecule has 5 rings (SSSR count). The van der Waals surface area contributed by atoms with Gasteiger partial charge in [-0.3, -0.25) is 14.6 Å². The van der Waals surface area contributed by atoms with Crippen LogP contribution in [0, 0.1) is 5.92 Å². The Balaban J connectivity index is 1.40. The van der Waals surface area contributed by atoms with Gasteiger partial charge in [0.25, 0.3) is 0 Å². The molecular weight excluding hydrogens is 498 g/mol. The molecule has 0 radical (unpaired) electrons.